The Bertz CT molecular complexity index is 608. The highest BCUT2D eigenvalue weighted by atomic mass is 16.2. The van der Waals surface area contributed by atoms with Crippen LogP contribution in [0.15, 0.2) is 18.2 Å². The molecule has 5 heteroatoms. The highest BCUT2D eigenvalue weighted by Crippen LogP contribution is 2.30. The Labute approximate surface area is 137 Å². The van der Waals surface area contributed by atoms with E-state index >= 15 is 0 Å². The molecule has 1 unspecified atom stereocenters. The van der Waals surface area contributed by atoms with E-state index in [1.54, 1.807) is 0 Å². The standard InChI is InChI=1S/C18H25N3O2/c1-12-11-14(13-7-9-19-10-8-13)3-4-15(12)21(2)16-5-6-17(22)20-18(16)23/h3-4,11,13,16,19H,5-10H2,1-2H3,(H,20,22,23). The smallest absolute Gasteiger partial charge is 0.249 e. The van der Waals surface area contributed by atoms with Crippen LogP contribution in [0.25, 0.3) is 0 Å². The molecule has 5 nitrogen and oxygen atoms in total. The summed E-state index contributed by atoms with van der Waals surface area (Å²) in [5.41, 5.74) is 3.65. The quantitative estimate of drug-likeness (QED) is 0.834. The van der Waals surface area contributed by atoms with Crippen molar-refractivity contribution in [2.24, 2.45) is 0 Å². The number of aryl methyl sites for hydroxylation is 1. The molecule has 2 heterocycles. The van der Waals surface area contributed by atoms with Crippen molar-refractivity contribution in [3.63, 3.8) is 0 Å². The van der Waals surface area contributed by atoms with Crippen LogP contribution in [0.3, 0.4) is 0 Å². The van der Waals surface area contributed by atoms with Crippen molar-refractivity contribution in [2.75, 3.05) is 25.0 Å². The van der Waals surface area contributed by atoms with Crippen LogP contribution in [-0.4, -0.2) is 38.0 Å². The molecule has 2 saturated heterocycles. The highest BCUT2D eigenvalue weighted by Gasteiger charge is 2.30. The van der Waals surface area contributed by atoms with E-state index in [1.807, 2.05) is 11.9 Å². The molecule has 1 aromatic rings. The molecule has 0 spiro atoms. The third kappa shape index (κ3) is 3.39. The first-order valence-corrected chi connectivity index (χ1v) is 8.44. The third-order valence-electron chi connectivity index (χ3n) is 5.09. The molecule has 2 amide bonds. The predicted octanol–water partition coefficient (Wildman–Crippen LogP) is 1.70. The molecule has 1 aromatic carbocycles. The van der Waals surface area contributed by atoms with Gasteiger partial charge in [0.05, 0.1) is 0 Å². The summed E-state index contributed by atoms with van der Waals surface area (Å²) in [6, 6.07) is 6.31. The van der Waals surface area contributed by atoms with E-state index in [4.69, 9.17) is 0 Å². The molecule has 23 heavy (non-hydrogen) atoms. The van der Waals surface area contributed by atoms with Crippen molar-refractivity contribution in [3.05, 3.63) is 29.3 Å². The molecule has 0 radical (unpaired) electrons. The lowest BCUT2D eigenvalue weighted by molar-refractivity contribution is -0.134. The Morgan fingerprint density at radius 1 is 1.13 bits per heavy atom. The largest absolute Gasteiger partial charge is 0.362 e. The van der Waals surface area contributed by atoms with Crippen LogP contribution in [0.4, 0.5) is 5.69 Å². The van der Waals surface area contributed by atoms with Crippen LogP contribution >= 0.6 is 0 Å². The zero-order chi connectivity index (χ0) is 16.4. The summed E-state index contributed by atoms with van der Waals surface area (Å²) in [5.74, 6) is 0.271. The van der Waals surface area contributed by atoms with E-state index in [1.165, 1.54) is 24.0 Å². The summed E-state index contributed by atoms with van der Waals surface area (Å²) >= 11 is 0. The third-order valence-corrected chi connectivity index (χ3v) is 5.09. The van der Waals surface area contributed by atoms with Gasteiger partial charge in [0.2, 0.25) is 11.8 Å². The number of hydrogen-bond donors (Lipinski definition) is 2. The van der Waals surface area contributed by atoms with Crippen molar-refractivity contribution in [2.45, 2.75) is 44.6 Å². The second-order valence-corrected chi connectivity index (χ2v) is 6.65. The number of nitrogens with zero attached hydrogens (tertiary/aromatic N) is 1. The van der Waals surface area contributed by atoms with Crippen molar-refractivity contribution in [1.82, 2.24) is 10.6 Å². The minimum absolute atomic E-state index is 0.169. The molecule has 2 fully saturated rings. The minimum atomic E-state index is -0.267. The maximum atomic E-state index is 12.1. The van der Waals surface area contributed by atoms with Gasteiger partial charge in [0.25, 0.3) is 0 Å². The number of likely N-dealkylation sites (N-methyl/N-ethyl adjacent to an activating group) is 1. The van der Waals surface area contributed by atoms with Gasteiger partial charge >= 0.3 is 0 Å². The van der Waals surface area contributed by atoms with E-state index in [9.17, 15) is 9.59 Å². The number of hydrogen-bond acceptors (Lipinski definition) is 4. The Balaban J connectivity index is 1.77. The van der Waals surface area contributed by atoms with Gasteiger partial charge in [0.1, 0.15) is 6.04 Å². The summed E-state index contributed by atoms with van der Waals surface area (Å²) in [6.45, 7) is 4.27. The lowest BCUT2D eigenvalue weighted by Gasteiger charge is -2.33. The van der Waals surface area contributed by atoms with Gasteiger partial charge in [-0.25, -0.2) is 0 Å². The van der Waals surface area contributed by atoms with E-state index in [0.717, 1.165) is 18.8 Å². The first kappa shape index (κ1) is 16.0. The SMILES string of the molecule is Cc1cc(C2CCNCC2)ccc1N(C)C1CCC(=O)NC1=O. The molecule has 0 saturated carbocycles. The van der Waals surface area contributed by atoms with Crippen LogP contribution < -0.4 is 15.5 Å². The molecule has 2 N–H and O–H groups in total. The molecule has 2 aliphatic rings. The van der Waals surface area contributed by atoms with Crippen molar-refractivity contribution >= 4 is 17.5 Å². The fraction of sp³-hybridized carbons (Fsp3) is 0.556. The molecule has 2 aliphatic heterocycles. The maximum Gasteiger partial charge on any atom is 0.249 e. The second-order valence-electron chi connectivity index (χ2n) is 6.65. The maximum absolute atomic E-state index is 12.1. The van der Waals surface area contributed by atoms with Crippen molar-refractivity contribution in [3.8, 4) is 0 Å². The molecular weight excluding hydrogens is 290 g/mol. The second kappa shape index (κ2) is 6.71. The average molecular weight is 315 g/mol. The Kier molecular flexibility index (Phi) is 4.66. The molecule has 0 bridgehead atoms. The lowest BCUT2D eigenvalue weighted by Crippen LogP contribution is -2.51. The lowest BCUT2D eigenvalue weighted by atomic mass is 9.89. The number of piperidine rings is 2. The van der Waals surface area contributed by atoms with Crippen LogP contribution in [-0.2, 0) is 9.59 Å². The number of benzene rings is 1. The summed E-state index contributed by atoms with van der Waals surface area (Å²) in [4.78, 5) is 25.4. The first-order chi connectivity index (χ1) is 11.1. The number of amides is 2. The summed E-state index contributed by atoms with van der Waals surface area (Å²) in [6.07, 6.45) is 3.35. The van der Waals surface area contributed by atoms with Gasteiger partial charge in [0.15, 0.2) is 0 Å². The van der Waals surface area contributed by atoms with Crippen molar-refractivity contribution in [1.29, 1.82) is 0 Å². The van der Waals surface area contributed by atoms with Gasteiger partial charge in [-0.15, -0.1) is 0 Å². The van der Waals surface area contributed by atoms with Gasteiger partial charge < -0.3 is 10.2 Å². The summed E-state index contributed by atoms with van der Waals surface area (Å²) < 4.78 is 0. The van der Waals surface area contributed by atoms with Gasteiger partial charge in [0, 0.05) is 19.2 Å². The molecule has 0 aromatic heterocycles. The van der Waals surface area contributed by atoms with Gasteiger partial charge in [-0.2, -0.15) is 0 Å². The van der Waals surface area contributed by atoms with Crippen LogP contribution in [0.2, 0.25) is 0 Å². The average Bonchev–Trinajstić information content (AvgIpc) is 2.55. The van der Waals surface area contributed by atoms with E-state index in [-0.39, 0.29) is 17.9 Å². The fourth-order valence-corrected chi connectivity index (χ4v) is 3.70. The zero-order valence-electron chi connectivity index (χ0n) is 13.9. The molecule has 124 valence electrons. The highest BCUT2D eigenvalue weighted by molar-refractivity contribution is 6.01. The van der Waals surface area contributed by atoms with Crippen LogP contribution in [0.1, 0.15) is 42.7 Å². The van der Waals surface area contributed by atoms with E-state index in [0.29, 0.717) is 18.8 Å². The summed E-state index contributed by atoms with van der Waals surface area (Å²) in [5, 5.41) is 5.84. The Morgan fingerprint density at radius 2 is 1.87 bits per heavy atom. The number of nitrogens with one attached hydrogen (secondary N) is 2. The van der Waals surface area contributed by atoms with Gasteiger partial charge in [-0.05, 0) is 62.4 Å². The minimum Gasteiger partial charge on any atom is -0.362 e. The van der Waals surface area contributed by atoms with Gasteiger partial charge in [-0.1, -0.05) is 12.1 Å². The number of rotatable bonds is 3. The van der Waals surface area contributed by atoms with Crippen LogP contribution in [0, 0.1) is 6.92 Å². The fourth-order valence-electron chi connectivity index (χ4n) is 3.70. The van der Waals surface area contributed by atoms with Crippen LogP contribution in [0.5, 0.6) is 0 Å². The zero-order valence-corrected chi connectivity index (χ0v) is 13.9. The topological polar surface area (TPSA) is 61.4 Å². The predicted molar refractivity (Wildman–Crippen MR) is 90.6 cm³/mol. The van der Waals surface area contributed by atoms with E-state index < -0.39 is 0 Å². The molecule has 1 atom stereocenters. The normalized spacial score (nSPS) is 22.8. The molecule has 3 rings (SSSR count). The Hall–Kier alpha value is -1.88. The number of anilines is 1. The number of imide groups is 1. The first-order valence-electron chi connectivity index (χ1n) is 8.44. The Morgan fingerprint density at radius 3 is 2.52 bits per heavy atom. The summed E-state index contributed by atoms with van der Waals surface area (Å²) in [7, 11) is 1.94. The number of carbonyl (C=O) groups excluding carboxylic acids is 2. The molecule has 0 aliphatic carbocycles. The van der Waals surface area contributed by atoms with E-state index in [2.05, 4.69) is 35.8 Å². The van der Waals surface area contributed by atoms with Crippen molar-refractivity contribution < 1.29 is 9.59 Å². The molecular formula is C18H25N3O2. The number of carbonyl (C=O) groups is 2. The van der Waals surface area contributed by atoms with Gasteiger partial charge in [-0.3, -0.25) is 14.9 Å². The monoisotopic (exact) mass is 315 g/mol.